The van der Waals surface area contributed by atoms with E-state index in [4.69, 9.17) is 4.74 Å². The molecule has 2 aromatic rings. The highest BCUT2D eigenvalue weighted by molar-refractivity contribution is 6.04. The molecule has 32 heavy (non-hydrogen) atoms. The molecule has 2 heterocycles. The Bertz CT molecular complexity index is 910. The topological polar surface area (TPSA) is 88.5 Å². The number of benzene rings is 1. The van der Waals surface area contributed by atoms with Gasteiger partial charge in [-0.1, -0.05) is 25.0 Å². The summed E-state index contributed by atoms with van der Waals surface area (Å²) >= 11 is 0. The zero-order chi connectivity index (χ0) is 22.5. The molecule has 0 radical (unpaired) electrons. The van der Waals surface area contributed by atoms with Crippen molar-refractivity contribution in [2.24, 2.45) is 0 Å². The number of carbonyl (C=O) groups is 2. The van der Waals surface area contributed by atoms with Gasteiger partial charge >= 0.3 is 0 Å². The smallest absolute Gasteiger partial charge is 0.255 e. The van der Waals surface area contributed by atoms with Crippen LogP contribution in [0.15, 0.2) is 36.7 Å². The van der Waals surface area contributed by atoms with E-state index in [9.17, 15) is 9.59 Å². The number of nitrogens with zero attached hydrogens (tertiary/aromatic N) is 3. The molecule has 4 rings (SSSR count). The summed E-state index contributed by atoms with van der Waals surface area (Å²) in [4.78, 5) is 27.2. The molecule has 1 aliphatic heterocycles. The number of aromatic nitrogens is 2. The Morgan fingerprint density at radius 3 is 2.47 bits per heavy atom. The summed E-state index contributed by atoms with van der Waals surface area (Å²) in [5.74, 6) is -0.238. The van der Waals surface area contributed by atoms with Gasteiger partial charge in [-0.15, -0.1) is 0 Å². The van der Waals surface area contributed by atoms with Crippen LogP contribution in [0.3, 0.4) is 0 Å². The lowest BCUT2D eigenvalue weighted by atomic mass is 10.1. The number of morpholine rings is 1. The van der Waals surface area contributed by atoms with E-state index in [2.05, 4.69) is 34.5 Å². The van der Waals surface area contributed by atoms with Crippen LogP contribution in [0.5, 0.6) is 0 Å². The third kappa shape index (κ3) is 6.17. The van der Waals surface area contributed by atoms with Crippen molar-refractivity contribution >= 4 is 17.5 Å². The highest BCUT2D eigenvalue weighted by Gasteiger charge is 2.22. The minimum atomic E-state index is -0.194. The molecule has 2 N–H and O–H groups in total. The fourth-order valence-electron chi connectivity index (χ4n) is 4.64. The lowest BCUT2D eigenvalue weighted by molar-refractivity contribution is -0.122. The number of rotatable bonds is 7. The molecule has 1 aliphatic carbocycles. The Morgan fingerprint density at radius 2 is 1.78 bits per heavy atom. The highest BCUT2D eigenvalue weighted by atomic mass is 16.5. The van der Waals surface area contributed by atoms with Crippen molar-refractivity contribution in [3.05, 3.63) is 47.8 Å². The van der Waals surface area contributed by atoms with E-state index >= 15 is 0 Å². The third-order valence-corrected chi connectivity index (χ3v) is 6.03. The Hall–Kier alpha value is -2.71. The monoisotopic (exact) mass is 439 g/mol. The van der Waals surface area contributed by atoms with Crippen molar-refractivity contribution in [3.8, 4) is 0 Å². The van der Waals surface area contributed by atoms with E-state index in [0.29, 0.717) is 11.3 Å². The van der Waals surface area contributed by atoms with Crippen LogP contribution in [0.4, 0.5) is 5.69 Å². The Morgan fingerprint density at radius 1 is 1.09 bits per heavy atom. The molecule has 2 aliphatic rings. The highest BCUT2D eigenvalue weighted by Crippen LogP contribution is 2.18. The molecule has 172 valence electrons. The standard InChI is InChI=1S/C24H33N5O3/c1-17-12-28(13-18(2)32-17)14-19-7-9-20(10-8-19)24(31)27-22-11-25-29(15-22)16-23(30)26-21-5-3-4-6-21/h7-11,15,17-18,21H,3-6,12-14,16H2,1-2H3,(H,26,30)(H,27,31). The SMILES string of the molecule is CC1CN(Cc2ccc(C(=O)Nc3cnn(CC(=O)NC4CCCC4)c3)cc2)CC(C)O1. The van der Waals surface area contributed by atoms with E-state index in [1.807, 2.05) is 24.3 Å². The number of ether oxygens (including phenoxy) is 1. The number of amides is 2. The number of hydrogen-bond donors (Lipinski definition) is 2. The maximum absolute atomic E-state index is 12.6. The zero-order valence-corrected chi connectivity index (χ0v) is 18.9. The van der Waals surface area contributed by atoms with Crippen molar-refractivity contribution in [3.63, 3.8) is 0 Å². The fourth-order valence-corrected chi connectivity index (χ4v) is 4.64. The lowest BCUT2D eigenvalue weighted by Crippen LogP contribution is -2.44. The quantitative estimate of drug-likeness (QED) is 0.693. The van der Waals surface area contributed by atoms with Gasteiger partial charge in [0.15, 0.2) is 0 Å². The lowest BCUT2D eigenvalue weighted by Gasteiger charge is -2.35. The van der Waals surface area contributed by atoms with Crippen molar-refractivity contribution in [2.45, 2.75) is 70.9 Å². The largest absolute Gasteiger partial charge is 0.373 e. The summed E-state index contributed by atoms with van der Waals surface area (Å²) in [6.07, 6.45) is 8.17. The van der Waals surface area contributed by atoms with E-state index in [1.165, 1.54) is 18.4 Å². The van der Waals surface area contributed by atoms with Crippen LogP contribution in [0, 0.1) is 0 Å². The summed E-state index contributed by atoms with van der Waals surface area (Å²) in [5.41, 5.74) is 2.33. The predicted octanol–water partition coefficient (Wildman–Crippen LogP) is 2.80. The first-order valence-corrected chi connectivity index (χ1v) is 11.5. The van der Waals surface area contributed by atoms with Gasteiger partial charge in [0.25, 0.3) is 5.91 Å². The predicted molar refractivity (Wildman–Crippen MR) is 122 cm³/mol. The first kappa shape index (κ1) is 22.5. The third-order valence-electron chi connectivity index (χ3n) is 6.03. The number of nitrogens with one attached hydrogen (secondary N) is 2. The van der Waals surface area contributed by atoms with Crippen molar-refractivity contribution in [1.29, 1.82) is 0 Å². The number of hydrogen-bond acceptors (Lipinski definition) is 5. The average molecular weight is 440 g/mol. The number of anilines is 1. The van der Waals surface area contributed by atoms with Gasteiger partial charge < -0.3 is 15.4 Å². The molecule has 2 amide bonds. The Labute approximate surface area is 189 Å². The summed E-state index contributed by atoms with van der Waals surface area (Å²) < 4.78 is 7.34. The second-order valence-electron chi connectivity index (χ2n) is 9.08. The van der Waals surface area contributed by atoms with E-state index in [1.54, 1.807) is 17.1 Å². The van der Waals surface area contributed by atoms with E-state index in [-0.39, 0.29) is 36.6 Å². The molecular weight excluding hydrogens is 406 g/mol. The van der Waals surface area contributed by atoms with Crippen LogP contribution in [0.1, 0.15) is 55.5 Å². The maximum Gasteiger partial charge on any atom is 0.255 e. The van der Waals surface area contributed by atoms with Crippen molar-refractivity contribution in [2.75, 3.05) is 18.4 Å². The van der Waals surface area contributed by atoms with Gasteiger partial charge in [0.05, 0.1) is 24.1 Å². The molecule has 8 nitrogen and oxygen atoms in total. The van der Waals surface area contributed by atoms with Gasteiger partial charge in [0, 0.05) is 37.4 Å². The molecule has 0 spiro atoms. The fraction of sp³-hybridized carbons (Fsp3) is 0.542. The van der Waals surface area contributed by atoms with Gasteiger partial charge in [0.2, 0.25) is 5.91 Å². The number of carbonyl (C=O) groups excluding carboxylic acids is 2. The normalized spacial score (nSPS) is 22.1. The molecule has 0 bridgehead atoms. The Balaban J connectivity index is 1.27. The van der Waals surface area contributed by atoms with Crippen molar-refractivity contribution < 1.29 is 14.3 Å². The average Bonchev–Trinajstić information content (AvgIpc) is 3.40. The molecular formula is C24H33N5O3. The Kier molecular flexibility index (Phi) is 7.22. The first-order chi connectivity index (χ1) is 15.4. The first-order valence-electron chi connectivity index (χ1n) is 11.5. The van der Waals surface area contributed by atoms with E-state index in [0.717, 1.165) is 32.5 Å². The van der Waals surface area contributed by atoms with Gasteiger partial charge in [0.1, 0.15) is 6.54 Å². The summed E-state index contributed by atoms with van der Waals surface area (Å²) in [7, 11) is 0. The molecule has 8 heteroatoms. The van der Waals surface area contributed by atoms with Crippen LogP contribution < -0.4 is 10.6 Å². The van der Waals surface area contributed by atoms with E-state index < -0.39 is 0 Å². The molecule has 1 aromatic heterocycles. The summed E-state index contributed by atoms with van der Waals surface area (Å²) in [5, 5.41) is 10.1. The maximum atomic E-state index is 12.6. The molecule has 2 fully saturated rings. The molecule has 1 saturated carbocycles. The second-order valence-corrected chi connectivity index (χ2v) is 9.08. The summed E-state index contributed by atoms with van der Waals surface area (Å²) in [6.45, 7) is 7.01. The molecule has 2 atom stereocenters. The minimum absolute atomic E-state index is 0.0440. The molecule has 2 unspecified atom stereocenters. The summed E-state index contributed by atoms with van der Waals surface area (Å²) in [6, 6.07) is 7.97. The van der Waals surface area contributed by atoms with Gasteiger partial charge in [-0.3, -0.25) is 19.2 Å². The van der Waals surface area contributed by atoms with Crippen LogP contribution in [-0.4, -0.2) is 57.8 Å². The van der Waals surface area contributed by atoms with Crippen LogP contribution in [-0.2, 0) is 22.6 Å². The van der Waals surface area contributed by atoms with Crippen LogP contribution in [0.25, 0.3) is 0 Å². The zero-order valence-electron chi connectivity index (χ0n) is 18.9. The van der Waals surface area contributed by atoms with Gasteiger partial charge in [-0.05, 0) is 44.4 Å². The second kappa shape index (κ2) is 10.3. The van der Waals surface area contributed by atoms with Gasteiger partial charge in [-0.25, -0.2) is 0 Å². The minimum Gasteiger partial charge on any atom is -0.373 e. The van der Waals surface area contributed by atoms with Crippen LogP contribution >= 0.6 is 0 Å². The van der Waals surface area contributed by atoms with Crippen molar-refractivity contribution in [1.82, 2.24) is 20.0 Å². The molecule has 1 aromatic carbocycles. The van der Waals surface area contributed by atoms with Crippen LogP contribution in [0.2, 0.25) is 0 Å². The molecule has 1 saturated heterocycles. The van der Waals surface area contributed by atoms with Gasteiger partial charge in [-0.2, -0.15) is 5.10 Å².